The van der Waals surface area contributed by atoms with E-state index < -0.39 is 0 Å². The molecule has 0 aliphatic heterocycles. The summed E-state index contributed by atoms with van der Waals surface area (Å²) in [6, 6.07) is 19.6. The lowest BCUT2D eigenvalue weighted by Crippen LogP contribution is -2.11. The Kier molecular flexibility index (Phi) is 6.49. The van der Waals surface area contributed by atoms with E-state index in [9.17, 15) is 4.79 Å². The molecule has 0 unspecified atom stereocenters. The van der Waals surface area contributed by atoms with Crippen LogP contribution >= 0.6 is 0 Å². The zero-order valence-electron chi connectivity index (χ0n) is 12.1. The number of anilines is 1. The highest BCUT2D eigenvalue weighted by molar-refractivity contribution is 5.90. The van der Waals surface area contributed by atoms with E-state index in [0.717, 1.165) is 18.5 Å². The molecule has 0 saturated heterocycles. The average Bonchev–Trinajstić information content (AvgIpc) is 2.53. The number of hydrogen-bond donors (Lipinski definition) is 1. The van der Waals surface area contributed by atoms with Crippen molar-refractivity contribution < 1.29 is 9.53 Å². The van der Waals surface area contributed by atoms with Crippen LogP contribution in [0.25, 0.3) is 0 Å². The summed E-state index contributed by atoms with van der Waals surface area (Å²) < 4.78 is 5.59. The largest absolute Gasteiger partial charge is 0.377 e. The van der Waals surface area contributed by atoms with Gasteiger partial charge in [0.1, 0.15) is 0 Å². The Morgan fingerprint density at radius 2 is 1.57 bits per heavy atom. The van der Waals surface area contributed by atoms with Gasteiger partial charge in [-0.3, -0.25) is 4.79 Å². The van der Waals surface area contributed by atoms with Crippen LogP contribution in [0.15, 0.2) is 60.7 Å². The number of amides is 1. The van der Waals surface area contributed by atoms with Gasteiger partial charge >= 0.3 is 0 Å². The molecule has 0 bridgehead atoms. The second kappa shape index (κ2) is 8.93. The molecule has 0 saturated carbocycles. The van der Waals surface area contributed by atoms with Crippen LogP contribution in [0, 0.1) is 0 Å². The molecular weight excluding hydrogens is 262 g/mol. The quantitative estimate of drug-likeness (QED) is 0.743. The van der Waals surface area contributed by atoms with Gasteiger partial charge in [0.25, 0.3) is 0 Å². The summed E-state index contributed by atoms with van der Waals surface area (Å²) in [5, 5.41) is 2.88. The normalized spacial score (nSPS) is 10.3. The first-order valence-corrected chi connectivity index (χ1v) is 7.31. The molecule has 1 N–H and O–H groups in total. The van der Waals surface area contributed by atoms with Crippen LogP contribution < -0.4 is 5.32 Å². The molecule has 0 spiro atoms. The highest BCUT2D eigenvalue weighted by Gasteiger charge is 2.01. The van der Waals surface area contributed by atoms with Gasteiger partial charge in [-0.1, -0.05) is 48.5 Å². The lowest BCUT2D eigenvalue weighted by Gasteiger charge is -2.06. The van der Waals surface area contributed by atoms with Crippen molar-refractivity contribution in [3.8, 4) is 0 Å². The van der Waals surface area contributed by atoms with E-state index in [1.807, 2.05) is 60.7 Å². The molecule has 1 amide bonds. The lowest BCUT2D eigenvalue weighted by molar-refractivity contribution is -0.116. The van der Waals surface area contributed by atoms with Crippen molar-refractivity contribution in [1.29, 1.82) is 0 Å². The minimum Gasteiger partial charge on any atom is -0.377 e. The van der Waals surface area contributed by atoms with Gasteiger partial charge in [0.2, 0.25) is 5.91 Å². The van der Waals surface area contributed by atoms with Crippen LogP contribution in [-0.4, -0.2) is 12.5 Å². The van der Waals surface area contributed by atoms with Crippen molar-refractivity contribution in [1.82, 2.24) is 0 Å². The van der Waals surface area contributed by atoms with Gasteiger partial charge in [0, 0.05) is 18.7 Å². The maximum absolute atomic E-state index is 11.7. The van der Waals surface area contributed by atoms with Crippen LogP contribution in [0.4, 0.5) is 5.69 Å². The second-order valence-electron chi connectivity index (χ2n) is 4.91. The number of nitrogens with one attached hydrogen (secondary N) is 1. The maximum Gasteiger partial charge on any atom is 0.224 e. The van der Waals surface area contributed by atoms with Crippen molar-refractivity contribution >= 4 is 11.6 Å². The van der Waals surface area contributed by atoms with Gasteiger partial charge in [-0.15, -0.1) is 0 Å². The van der Waals surface area contributed by atoms with E-state index in [4.69, 9.17) is 4.74 Å². The molecule has 110 valence electrons. The minimum absolute atomic E-state index is 0.0595. The average molecular weight is 283 g/mol. The third-order valence-corrected chi connectivity index (χ3v) is 3.11. The van der Waals surface area contributed by atoms with E-state index in [1.165, 1.54) is 5.56 Å². The first-order valence-electron chi connectivity index (χ1n) is 7.31. The van der Waals surface area contributed by atoms with E-state index >= 15 is 0 Å². The van der Waals surface area contributed by atoms with E-state index in [2.05, 4.69) is 5.32 Å². The third-order valence-electron chi connectivity index (χ3n) is 3.11. The Bertz CT molecular complexity index is 525. The van der Waals surface area contributed by atoms with E-state index in [0.29, 0.717) is 19.6 Å². The Morgan fingerprint density at radius 1 is 0.905 bits per heavy atom. The predicted molar refractivity (Wildman–Crippen MR) is 85.0 cm³/mol. The van der Waals surface area contributed by atoms with Crippen molar-refractivity contribution in [2.75, 3.05) is 11.9 Å². The van der Waals surface area contributed by atoms with Crippen LogP contribution in [0.3, 0.4) is 0 Å². The molecule has 0 atom stereocenters. The van der Waals surface area contributed by atoms with Crippen LogP contribution in [0.2, 0.25) is 0 Å². The molecular formula is C18H21NO2. The summed E-state index contributed by atoms with van der Waals surface area (Å²) in [6.07, 6.45) is 2.27. The van der Waals surface area contributed by atoms with Crippen molar-refractivity contribution in [2.24, 2.45) is 0 Å². The molecule has 2 aromatic carbocycles. The fourth-order valence-corrected chi connectivity index (χ4v) is 2.00. The first-order chi connectivity index (χ1) is 10.3. The summed E-state index contributed by atoms with van der Waals surface area (Å²) in [7, 11) is 0. The van der Waals surface area contributed by atoms with E-state index in [-0.39, 0.29) is 5.91 Å². The molecule has 0 aliphatic carbocycles. The monoisotopic (exact) mass is 283 g/mol. The molecule has 0 fully saturated rings. The summed E-state index contributed by atoms with van der Waals surface area (Å²) >= 11 is 0. The van der Waals surface area contributed by atoms with Gasteiger partial charge in [0.05, 0.1) is 6.61 Å². The number of carbonyl (C=O) groups is 1. The molecule has 2 aromatic rings. The third kappa shape index (κ3) is 6.23. The van der Waals surface area contributed by atoms with Gasteiger partial charge in [-0.05, 0) is 30.5 Å². The van der Waals surface area contributed by atoms with Crippen molar-refractivity contribution in [3.63, 3.8) is 0 Å². The van der Waals surface area contributed by atoms with Crippen LogP contribution in [0.1, 0.15) is 24.8 Å². The number of rotatable bonds is 8. The van der Waals surface area contributed by atoms with Gasteiger partial charge in [-0.25, -0.2) is 0 Å². The summed E-state index contributed by atoms with van der Waals surface area (Å²) in [6.45, 7) is 1.32. The fourth-order valence-electron chi connectivity index (χ4n) is 2.00. The Labute approximate surface area is 126 Å². The molecule has 21 heavy (non-hydrogen) atoms. The summed E-state index contributed by atoms with van der Waals surface area (Å²) in [5.41, 5.74) is 2.03. The SMILES string of the molecule is O=C(CCCCOCc1ccccc1)Nc1ccccc1. The zero-order chi connectivity index (χ0) is 14.8. The molecule has 0 aliphatic rings. The van der Waals surface area contributed by atoms with E-state index in [1.54, 1.807) is 0 Å². The molecule has 3 heteroatoms. The fraction of sp³-hybridized carbons (Fsp3) is 0.278. The lowest BCUT2D eigenvalue weighted by atomic mass is 10.2. The first kappa shape index (κ1) is 15.3. The smallest absolute Gasteiger partial charge is 0.224 e. The van der Waals surface area contributed by atoms with Gasteiger partial charge < -0.3 is 10.1 Å². The zero-order valence-corrected chi connectivity index (χ0v) is 12.1. The number of benzene rings is 2. The second-order valence-corrected chi connectivity index (χ2v) is 4.91. The van der Waals surface area contributed by atoms with Crippen molar-refractivity contribution in [2.45, 2.75) is 25.9 Å². The number of unbranched alkanes of at least 4 members (excludes halogenated alkanes) is 1. The molecule has 0 heterocycles. The molecule has 3 nitrogen and oxygen atoms in total. The summed E-state index contributed by atoms with van der Waals surface area (Å²) in [5.74, 6) is 0.0595. The standard InChI is InChI=1S/C18H21NO2/c20-18(19-17-11-5-2-6-12-17)13-7-8-14-21-15-16-9-3-1-4-10-16/h1-6,9-12H,7-8,13-15H2,(H,19,20). The number of hydrogen-bond acceptors (Lipinski definition) is 2. The van der Waals surface area contributed by atoms with Gasteiger partial charge in [-0.2, -0.15) is 0 Å². The Hall–Kier alpha value is -2.13. The predicted octanol–water partition coefficient (Wildman–Crippen LogP) is 4.01. The molecule has 0 aromatic heterocycles. The molecule has 2 rings (SSSR count). The summed E-state index contributed by atoms with van der Waals surface area (Å²) in [4.78, 5) is 11.7. The number of para-hydroxylation sites is 1. The van der Waals surface area contributed by atoms with Gasteiger partial charge in [0.15, 0.2) is 0 Å². The highest BCUT2D eigenvalue weighted by Crippen LogP contribution is 2.07. The molecule has 0 radical (unpaired) electrons. The topological polar surface area (TPSA) is 38.3 Å². The Morgan fingerprint density at radius 3 is 2.29 bits per heavy atom. The number of carbonyl (C=O) groups excluding carboxylic acids is 1. The van der Waals surface area contributed by atoms with Crippen LogP contribution in [0.5, 0.6) is 0 Å². The maximum atomic E-state index is 11.7. The number of ether oxygens (including phenoxy) is 1. The minimum atomic E-state index is 0.0595. The van der Waals surface area contributed by atoms with Crippen LogP contribution in [-0.2, 0) is 16.1 Å². The Balaban J connectivity index is 1.52. The highest BCUT2D eigenvalue weighted by atomic mass is 16.5. The van der Waals surface area contributed by atoms with Crippen molar-refractivity contribution in [3.05, 3.63) is 66.2 Å².